The number of aryl methyl sites for hydroxylation is 1. The minimum absolute atomic E-state index is 0.0561. The molecule has 112 valence electrons. The van der Waals surface area contributed by atoms with Crippen molar-refractivity contribution in [1.29, 1.82) is 0 Å². The third kappa shape index (κ3) is 3.81. The molecule has 2 aromatic rings. The third-order valence-corrected chi connectivity index (χ3v) is 2.80. The average Bonchev–Trinajstić information content (AvgIpc) is 2.39. The van der Waals surface area contributed by atoms with Gasteiger partial charge in [0.15, 0.2) is 0 Å². The largest absolute Gasteiger partial charge is 0.419 e. The molecule has 1 aromatic carbocycles. The van der Waals surface area contributed by atoms with Crippen LogP contribution in [0.3, 0.4) is 0 Å². The van der Waals surface area contributed by atoms with E-state index in [1.165, 1.54) is 12.1 Å². The molecule has 0 aliphatic carbocycles. The summed E-state index contributed by atoms with van der Waals surface area (Å²) in [6, 6.07) is 3.98. The highest BCUT2D eigenvalue weighted by molar-refractivity contribution is 6.29. The van der Waals surface area contributed by atoms with Crippen LogP contribution >= 0.6 is 11.6 Å². The highest BCUT2D eigenvalue weighted by atomic mass is 35.5. The third-order valence-electron chi connectivity index (χ3n) is 2.60. The van der Waals surface area contributed by atoms with Crippen LogP contribution in [-0.2, 0) is 12.6 Å². The molecule has 0 atom stereocenters. The van der Waals surface area contributed by atoms with Crippen molar-refractivity contribution in [2.75, 3.05) is 5.32 Å². The summed E-state index contributed by atoms with van der Waals surface area (Å²) in [6.07, 6.45) is -4.24. The predicted molar refractivity (Wildman–Crippen MR) is 71.1 cm³/mol. The average molecular weight is 320 g/mol. The molecule has 1 aromatic heterocycles. The van der Waals surface area contributed by atoms with Crippen LogP contribution in [0, 0.1) is 5.82 Å². The number of nitrogens with zero attached hydrogens (tertiary/aromatic N) is 2. The first-order chi connectivity index (χ1) is 9.79. The van der Waals surface area contributed by atoms with Crippen molar-refractivity contribution in [3.05, 3.63) is 46.6 Å². The van der Waals surface area contributed by atoms with Gasteiger partial charge in [0.1, 0.15) is 22.6 Å². The number of benzene rings is 1. The standard InChI is InChI=1S/C13H10ClF4N3/c1-2-11-20-10(14)6-12(21-11)19-7-3-4-9(15)8(5-7)13(16,17)18/h3-6H,2H2,1H3,(H,19,20,21). The molecule has 2 rings (SSSR count). The smallest absolute Gasteiger partial charge is 0.340 e. The number of anilines is 2. The molecule has 1 N–H and O–H groups in total. The Morgan fingerprint density at radius 1 is 1.19 bits per heavy atom. The Bertz CT molecular complexity index is 658. The van der Waals surface area contributed by atoms with Gasteiger partial charge in [-0.05, 0) is 18.2 Å². The van der Waals surface area contributed by atoms with E-state index in [1.54, 1.807) is 0 Å². The zero-order chi connectivity index (χ0) is 15.6. The molecule has 0 saturated heterocycles. The molecular weight excluding hydrogens is 310 g/mol. The maximum Gasteiger partial charge on any atom is 0.419 e. The zero-order valence-corrected chi connectivity index (χ0v) is 11.6. The Kier molecular flexibility index (Phi) is 4.32. The van der Waals surface area contributed by atoms with Crippen molar-refractivity contribution >= 4 is 23.1 Å². The molecule has 0 bridgehead atoms. The summed E-state index contributed by atoms with van der Waals surface area (Å²) >= 11 is 5.79. The van der Waals surface area contributed by atoms with Crippen LogP contribution in [0.1, 0.15) is 18.3 Å². The zero-order valence-electron chi connectivity index (χ0n) is 10.8. The number of hydrogen-bond acceptors (Lipinski definition) is 3. The molecular formula is C13H10ClF4N3. The summed E-state index contributed by atoms with van der Waals surface area (Å²) < 4.78 is 51.1. The fourth-order valence-corrected chi connectivity index (χ4v) is 1.86. The van der Waals surface area contributed by atoms with Crippen molar-refractivity contribution in [2.45, 2.75) is 19.5 Å². The summed E-state index contributed by atoms with van der Waals surface area (Å²) in [4.78, 5) is 8.02. The lowest BCUT2D eigenvalue weighted by Crippen LogP contribution is -2.09. The van der Waals surface area contributed by atoms with Gasteiger partial charge >= 0.3 is 6.18 Å². The predicted octanol–water partition coefficient (Wildman–Crippen LogP) is 4.59. The second-order valence-corrected chi connectivity index (χ2v) is 4.55. The monoisotopic (exact) mass is 319 g/mol. The van der Waals surface area contributed by atoms with Gasteiger partial charge in [0.25, 0.3) is 0 Å². The van der Waals surface area contributed by atoms with Gasteiger partial charge in [-0.25, -0.2) is 14.4 Å². The van der Waals surface area contributed by atoms with Crippen LogP contribution < -0.4 is 5.32 Å². The quantitative estimate of drug-likeness (QED) is 0.664. The van der Waals surface area contributed by atoms with Crippen LogP contribution in [-0.4, -0.2) is 9.97 Å². The first-order valence-electron chi connectivity index (χ1n) is 5.97. The van der Waals surface area contributed by atoms with E-state index in [-0.39, 0.29) is 16.7 Å². The first kappa shape index (κ1) is 15.5. The lowest BCUT2D eigenvalue weighted by atomic mass is 10.2. The van der Waals surface area contributed by atoms with E-state index in [9.17, 15) is 17.6 Å². The number of hydrogen-bond donors (Lipinski definition) is 1. The molecule has 21 heavy (non-hydrogen) atoms. The van der Waals surface area contributed by atoms with Gasteiger partial charge in [0.2, 0.25) is 0 Å². The topological polar surface area (TPSA) is 37.8 Å². The van der Waals surface area contributed by atoms with Gasteiger partial charge in [-0.15, -0.1) is 0 Å². The van der Waals surface area contributed by atoms with E-state index >= 15 is 0 Å². The molecule has 8 heteroatoms. The number of aromatic nitrogens is 2. The van der Waals surface area contributed by atoms with E-state index in [4.69, 9.17) is 11.6 Å². The SMILES string of the molecule is CCc1nc(Cl)cc(Nc2ccc(F)c(C(F)(F)F)c2)n1. The van der Waals surface area contributed by atoms with Gasteiger partial charge in [-0.1, -0.05) is 18.5 Å². The van der Waals surface area contributed by atoms with Crippen LogP contribution in [0.2, 0.25) is 5.15 Å². The maximum atomic E-state index is 13.2. The first-order valence-corrected chi connectivity index (χ1v) is 6.34. The van der Waals surface area contributed by atoms with Crippen molar-refractivity contribution in [3.63, 3.8) is 0 Å². The highest BCUT2D eigenvalue weighted by Gasteiger charge is 2.34. The molecule has 1 heterocycles. The fraction of sp³-hybridized carbons (Fsp3) is 0.231. The Morgan fingerprint density at radius 2 is 1.90 bits per heavy atom. The number of nitrogens with one attached hydrogen (secondary N) is 1. The van der Waals surface area contributed by atoms with E-state index in [0.717, 1.165) is 6.07 Å². The lowest BCUT2D eigenvalue weighted by molar-refractivity contribution is -0.139. The molecule has 0 spiro atoms. The second kappa shape index (κ2) is 5.85. The molecule has 3 nitrogen and oxygen atoms in total. The Labute approximate surface area is 123 Å². The molecule has 0 aliphatic rings. The van der Waals surface area contributed by atoms with Gasteiger partial charge in [-0.2, -0.15) is 13.2 Å². The van der Waals surface area contributed by atoms with Crippen molar-refractivity contribution in [1.82, 2.24) is 9.97 Å². The normalized spacial score (nSPS) is 11.5. The summed E-state index contributed by atoms with van der Waals surface area (Å²) in [5.74, 6) is -0.641. The minimum atomic E-state index is -4.76. The molecule has 0 aliphatic heterocycles. The Balaban J connectivity index is 2.34. The number of alkyl halides is 3. The van der Waals surface area contributed by atoms with E-state index in [0.29, 0.717) is 18.3 Å². The van der Waals surface area contributed by atoms with Crippen LogP contribution in [0.25, 0.3) is 0 Å². The summed E-state index contributed by atoms with van der Waals surface area (Å²) in [5, 5.41) is 2.83. The maximum absolute atomic E-state index is 13.2. The lowest BCUT2D eigenvalue weighted by Gasteiger charge is -2.11. The van der Waals surface area contributed by atoms with E-state index in [2.05, 4.69) is 15.3 Å². The molecule has 0 radical (unpaired) electrons. The molecule has 0 unspecified atom stereocenters. The number of rotatable bonds is 3. The fourth-order valence-electron chi connectivity index (χ4n) is 1.65. The van der Waals surface area contributed by atoms with Crippen molar-refractivity contribution in [2.24, 2.45) is 0 Å². The molecule has 0 saturated carbocycles. The Morgan fingerprint density at radius 3 is 2.52 bits per heavy atom. The van der Waals surface area contributed by atoms with Gasteiger partial charge < -0.3 is 5.32 Å². The summed E-state index contributed by atoms with van der Waals surface area (Å²) in [7, 11) is 0. The molecule has 0 amide bonds. The minimum Gasteiger partial charge on any atom is -0.340 e. The van der Waals surface area contributed by atoms with Crippen LogP contribution in [0.5, 0.6) is 0 Å². The molecule has 0 fully saturated rings. The van der Waals surface area contributed by atoms with Crippen molar-refractivity contribution < 1.29 is 17.6 Å². The van der Waals surface area contributed by atoms with Crippen LogP contribution in [0.15, 0.2) is 24.3 Å². The Hall–Kier alpha value is -1.89. The summed E-state index contributed by atoms with van der Waals surface area (Å²) in [6.45, 7) is 1.81. The van der Waals surface area contributed by atoms with Gasteiger partial charge in [0, 0.05) is 18.2 Å². The van der Waals surface area contributed by atoms with Gasteiger partial charge in [-0.3, -0.25) is 0 Å². The summed E-state index contributed by atoms with van der Waals surface area (Å²) in [5.41, 5.74) is -1.29. The van der Waals surface area contributed by atoms with Gasteiger partial charge in [0.05, 0.1) is 5.56 Å². The van der Waals surface area contributed by atoms with Crippen molar-refractivity contribution in [3.8, 4) is 0 Å². The highest BCUT2D eigenvalue weighted by Crippen LogP contribution is 2.33. The van der Waals surface area contributed by atoms with E-state index in [1.807, 2.05) is 6.92 Å². The van der Waals surface area contributed by atoms with Crippen LogP contribution in [0.4, 0.5) is 29.1 Å². The second-order valence-electron chi connectivity index (χ2n) is 4.16. The van der Waals surface area contributed by atoms with E-state index < -0.39 is 17.6 Å². The number of halogens is 5.